The van der Waals surface area contributed by atoms with Crippen LogP contribution >= 0.6 is 23.2 Å². The summed E-state index contributed by atoms with van der Waals surface area (Å²) in [5.41, 5.74) is 5.25. The first-order valence-corrected chi connectivity index (χ1v) is 25.6. The van der Waals surface area contributed by atoms with Crippen LogP contribution in [-0.4, -0.2) is 45.1 Å². The Kier molecular flexibility index (Phi) is 21.7. The second kappa shape index (κ2) is 28.5. The number of hydrogen-bond donors (Lipinski definition) is 0. The molecule has 0 N–H and O–H groups in total. The van der Waals surface area contributed by atoms with Crippen LogP contribution in [0.2, 0.25) is 10.3 Å². The van der Waals surface area contributed by atoms with E-state index in [0.29, 0.717) is 92.1 Å². The van der Waals surface area contributed by atoms with Crippen molar-refractivity contribution in [2.24, 2.45) is 32.3 Å². The minimum absolute atomic E-state index is 0. The molecule has 17 heteroatoms. The summed E-state index contributed by atoms with van der Waals surface area (Å²) in [6.45, 7) is 9.32. The maximum Gasteiger partial charge on any atom is 2.00 e. The SMILES string of the molecule is CCCCC(CC)COC(=O)c1ccc(N=Nc2ccc([O-])c3c(-c4ccccc4)cc(Cl)nc23)nc1.CCCCC(CC)COC(=O)c1ccc(N=Nc2ccc([O-])c3c(-c4ccccc4)cc(Cl)nc23)nc1.[Ni+2]. The van der Waals surface area contributed by atoms with Gasteiger partial charge in [0, 0.05) is 23.2 Å². The Morgan fingerprint density at radius 3 is 1.29 bits per heavy atom. The van der Waals surface area contributed by atoms with Crippen LogP contribution in [0.15, 0.2) is 154 Å². The molecular formula is C58H56Cl2N8NiO6. The van der Waals surface area contributed by atoms with E-state index in [1.54, 1.807) is 48.5 Å². The third kappa shape index (κ3) is 15.4. The Morgan fingerprint density at radius 2 is 0.947 bits per heavy atom. The van der Waals surface area contributed by atoms with Gasteiger partial charge in [0.15, 0.2) is 11.6 Å². The molecule has 0 aliphatic carbocycles. The predicted molar refractivity (Wildman–Crippen MR) is 287 cm³/mol. The van der Waals surface area contributed by atoms with Gasteiger partial charge in [-0.25, -0.2) is 29.5 Å². The van der Waals surface area contributed by atoms with Crippen LogP contribution in [0, 0.1) is 11.8 Å². The summed E-state index contributed by atoms with van der Waals surface area (Å²) in [6, 6.07) is 34.7. The second-order valence-electron chi connectivity index (χ2n) is 17.6. The van der Waals surface area contributed by atoms with E-state index in [2.05, 4.69) is 68.1 Å². The molecule has 0 bridgehead atoms. The molecule has 0 aliphatic rings. The number of carbonyl (C=O) groups excluding carboxylic acids is 2. The number of halogens is 2. The van der Waals surface area contributed by atoms with Crippen molar-refractivity contribution in [2.75, 3.05) is 13.2 Å². The summed E-state index contributed by atoms with van der Waals surface area (Å²) >= 11 is 12.6. The van der Waals surface area contributed by atoms with E-state index in [1.807, 2.05) is 60.7 Å². The van der Waals surface area contributed by atoms with Gasteiger partial charge in [-0.2, -0.15) is 0 Å². The molecule has 0 spiro atoms. The molecule has 0 saturated carbocycles. The number of fused-ring (bicyclic) bond motifs is 2. The van der Waals surface area contributed by atoms with E-state index in [1.165, 1.54) is 24.5 Å². The maximum atomic E-state index is 12.8. The van der Waals surface area contributed by atoms with Crippen LogP contribution in [0.1, 0.15) is 99.8 Å². The Bertz CT molecular complexity index is 3010. The zero-order chi connectivity index (χ0) is 52.4. The Morgan fingerprint density at radius 1 is 0.547 bits per heavy atom. The van der Waals surface area contributed by atoms with Gasteiger partial charge in [0.1, 0.15) is 21.7 Å². The molecule has 388 valence electrons. The summed E-state index contributed by atoms with van der Waals surface area (Å²) < 4.78 is 11.0. The Balaban J connectivity index is 0.000000241. The number of esters is 2. The molecule has 4 aromatic heterocycles. The van der Waals surface area contributed by atoms with Crippen molar-refractivity contribution in [3.05, 3.63) is 155 Å². The van der Waals surface area contributed by atoms with E-state index in [-0.39, 0.29) is 38.3 Å². The fourth-order valence-corrected chi connectivity index (χ4v) is 8.46. The first kappa shape index (κ1) is 57.1. The van der Waals surface area contributed by atoms with Gasteiger partial charge >= 0.3 is 28.4 Å². The molecule has 0 radical (unpaired) electrons. The topological polar surface area (TPSA) is 200 Å². The summed E-state index contributed by atoms with van der Waals surface area (Å²) in [5, 5.41) is 43.8. The van der Waals surface area contributed by atoms with E-state index < -0.39 is 11.9 Å². The van der Waals surface area contributed by atoms with Crippen molar-refractivity contribution in [1.29, 1.82) is 0 Å². The van der Waals surface area contributed by atoms with Crippen molar-refractivity contribution in [3.63, 3.8) is 0 Å². The quantitative estimate of drug-likeness (QED) is 0.0306. The van der Waals surface area contributed by atoms with Crippen LogP contribution in [0.25, 0.3) is 44.1 Å². The molecule has 0 aliphatic heterocycles. The van der Waals surface area contributed by atoms with E-state index in [0.717, 1.165) is 62.5 Å². The summed E-state index contributed by atoms with van der Waals surface area (Å²) in [5.74, 6) is 0.155. The van der Waals surface area contributed by atoms with Gasteiger partial charge < -0.3 is 19.7 Å². The molecule has 75 heavy (non-hydrogen) atoms. The average Bonchev–Trinajstić information content (AvgIpc) is 3.43. The monoisotopic (exact) mass is 1090 g/mol. The van der Waals surface area contributed by atoms with Gasteiger partial charge in [-0.1, -0.05) is 174 Å². The molecule has 14 nitrogen and oxygen atoms in total. The van der Waals surface area contributed by atoms with Crippen molar-refractivity contribution >= 4 is 80.0 Å². The van der Waals surface area contributed by atoms with Crippen molar-refractivity contribution in [2.45, 2.75) is 79.1 Å². The smallest absolute Gasteiger partial charge is 0.872 e. The van der Waals surface area contributed by atoms with Crippen molar-refractivity contribution < 1.29 is 45.8 Å². The van der Waals surface area contributed by atoms with Gasteiger partial charge in [0.05, 0.1) is 35.4 Å². The second-order valence-corrected chi connectivity index (χ2v) is 18.3. The fourth-order valence-electron chi connectivity index (χ4n) is 8.08. The van der Waals surface area contributed by atoms with Crippen molar-refractivity contribution in [1.82, 2.24) is 19.9 Å². The molecule has 2 unspecified atom stereocenters. The molecule has 8 aromatic rings. The van der Waals surface area contributed by atoms with Gasteiger partial charge in [-0.3, -0.25) is 0 Å². The fraction of sp³-hybridized carbons (Fsp3) is 0.276. The van der Waals surface area contributed by atoms with Gasteiger partial charge in [0.2, 0.25) is 0 Å². The first-order valence-electron chi connectivity index (χ1n) is 24.8. The first-order chi connectivity index (χ1) is 36.0. The Labute approximate surface area is 456 Å². The molecule has 0 amide bonds. The number of nitrogens with zero attached hydrogens (tertiary/aromatic N) is 8. The molecule has 0 fully saturated rings. The predicted octanol–water partition coefficient (Wildman–Crippen LogP) is 15.6. The summed E-state index contributed by atoms with van der Waals surface area (Å²) in [4.78, 5) is 42.0. The molecule has 2 atom stereocenters. The largest absolute Gasteiger partial charge is 2.00 e. The molecule has 8 rings (SSSR count). The van der Waals surface area contributed by atoms with Gasteiger partial charge in [0.25, 0.3) is 0 Å². The summed E-state index contributed by atoms with van der Waals surface area (Å²) in [7, 11) is 0. The third-order valence-corrected chi connectivity index (χ3v) is 12.8. The Hall–Kier alpha value is -7.19. The molecule has 0 saturated heterocycles. The van der Waals surface area contributed by atoms with E-state index in [4.69, 9.17) is 32.7 Å². The van der Waals surface area contributed by atoms with E-state index >= 15 is 0 Å². The van der Waals surface area contributed by atoms with Crippen LogP contribution < -0.4 is 10.2 Å². The third-order valence-electron chi connectivity index (χ3n) is 12.4. The van der Waals surface area contributed by atoms with Crippen LogP contribution in [0.4, 0.5) is 23.0 Å². The number of azo groups is 2. The zero-order valence-corrected chi connectivity index (χ0v) is 44.5. The van der Waals surface area contributed by atoms with E-state index in [9.17, 15) is 19.8 Å². The number of aromatic nitrogens is 4. The van der Waals surface area contributed by atoms with Gasteiger partial charge in [-0.05, 0) is 95.5 Å². The number of rotatable bonds is 20. The number of unbranched alkanes of at least 4 members (excludes halogenated alkanes) is 2. The molecule has 4 heterocycles. The number of benzene rings is 4. The van der Waals surface area contributed by atoms with Crippen LogP contribution in [-0.2, 0) is 26.0 Å². The number of pyridine rings is 4. The van der Waals surface area contributed by atoms with Gasteiger partial charge in [-0.15, -0.1) is 20.5 Å². The normalized spacial score (nSPS) is 12.0. The molecule has 4 aromatic carbocycles. The number of carbonyl (C=O) groups is 2. The number of ether oxygens (including phenoxy) is 2. The van der Waals surface area contributed by atoms with Crippen LogP contribution in [0.5, 0.6) is 11.5 Å². The minimum Gasteiger partial charge on any atom is -0.872 e. The minimum atomic E-state index is -0.407. The average molecular weight is 1090 g/mol. The molecular weight excluding hydrogens is 1030 g/mol. The zero-order valence-electron chi connectivity index (χ0n) is 42.0. The number of hydrogen-bond acceptors (Lipinski definition) is 14. The van der Waals surface area contributed by atoms with Crippen molar-refractivity contribution in [3.8, 4) is 33.8 Å². The summed E-state index contributed by atoms with van der Waals surface area (Å²) in [6.07, 6.45) is 11.4. The standard InChI is InChI=1S/2C29H29ClN4O3.Ni/c2*1-3-5-9-19(4-2)18-37-29(36)21-12-15-26(31-17-21)34-33-23-13-14-24(35)27-22(16-25(30)32-28(23)27)20-10-7-6-8-11-20;/h2*6-8,10-17,19,35H,3-5,9,18H2,1-2H3;/q;;+2/p-2. The maximum absolute atomic E-state index is 12.8. The van der Waals surface area contributed by atoms with Crippen LogP contribution in [0.3, 0.4) is 0 Å².